The highest BCUT2D eigenvalue weighted by molar-refractivity contribution is 7.97. The van der Waals surface area contributed by atoms with Gasteiger partial charge in [0.15, 0.2) is 11.5 Å². The van der Waals surface area contributed by atoms with Crippen LogP contribution >= 0.6 is 11.9 Å². The zero-order chi connectivity index (χ0) is 24.0. The molecule has 0 saturated carbocycles. The highest BCUT2D eigenvalue weighted by atomic mass is 32.2. The number of carbonyl (C=O) groups is 3. The fourth-order valence-electron chi connectivity index (χ4n) is 3.96. The summed E-state index contributed by atoms with van der Waals surface area (Å²) in [5, 5.41) is 5.56. The fraction of sp³-hybridized carbons (Fsp3) is 0.625. The number of unbranched alkanes of at least 4 members (excludes halogenated alkanes) is 1. The molecule has 2 N–H and O–H groups in total. The van der Waals surface area contributed by atoms with Gasteiger partial charge in [-0.05, 0) is 54.8 Å². The van der Waals surface area contributed by atoms with E-state index in [4.69, 9.17) is 9.47 Å². The lowest BCUT2D eigenvalue weighted by Gasteiger charge is -2.35. The van der Waals surface area contributed by atoms with Crippen LogP contribution in [0.5, 0.6) is 11.5 Å². The van der Waals surface area contributed by atoms with Crippen LogP contribution in [0.1, 0.15) is 52.5 Å². The van der Waals surface area contributed by atoms with Crippen LogP contribution in [0.2, 0.25) is 0 Å². The monoisotopic (exact) mass is 477 g/mol. The third-order valence-corrected chi connectivity index (χ3v) is 7.02. The predicted molar refractivity (Wildman–Crippen MR) is 127 cm³/mol. The molecule has 2 amide bonds. The second-order valence-corrected chi connectivity index (χ2v) is 9.90. The van der Waals surface area contributed by atoms with Gasteiger partial charge in [-0.15, -0.1) is 0 Å². The summed E-state index contributed by atoms with van der Waals surface area (Å²) in [7, 11) is 0. The molecule has 2 heterocycles. The van der Waals surface area contributed by atoms with E-state index in [1.54, 1.807) is 0 Å². The van der Waals surface area contributed by atoms with Crippen LogP contribution in [0.4, 0.5) is 0 Å². The molecule has 0 spiro atoms. The van der Waals surface area contributed by atoms with E-state index in [9.17, 15) is 14.4 Å². The van der Waals surface area contributed by atoms with Gasteiger partial charge in [0, 0.05) is 18.0 Å². The van der Waals surface area contributed by atoms with Crippen molar-refractivity contribution in [1.29, 1.82) is 0 Å². The molecule has 0 bridgehead atoms. The van der Waals surface area contributed by atoms with Crippen LogP contribution in [0.3, 0.4) is 0 Å². The van der Waals surface area contributed by atoms with E-state index in [-0.39, 0.29) is 11.8 Å². The molecule has 182 valence electrons. The molecule has 3 rings (SSSR count). The number of benzene rings is 1. The number of fused-ring (bicyclic) bond motifs is 2. The van der Waals surface area contributed by atoms with Crippen LogP contribution in [-0.2, 0) is 20.8 Å². The van der Waals surface area contributed by atoms with Gasteiger partial charge in [0.1, 0.15) is 19.3 Å². The summed E-state index contributed by atoms with van der Waals surface area (Å²) < 4.78 is 13.4. The molecule has 1 aromatic carbocycles. The van der Waals surface area contributed by atoms with Gasteiger partial charge in [-0.1, -0.05) is 34.1 Å². The smallest absolute Gasteiger partial charge is 0.289 e. The van der Waals surface area contributed by atoms with E-state index in [1.165, 1.54) is 11.9 Å². The molecule has 2 aliphatic rings. The van der Waals surface area contributed by atoms with Gasteiger partial charge in [-0.2, -0.15) is 0 Å². The highest BCUT2D eigenvalue weighted by Crippen LogP contribution is 2.42. The molecule has 9 heteroatoms. The zero-order valence-corrected chi connectivity index (χ0v) is 20.8. The van der Waals surface area contributed by atoms with Crippen molar-refractivity contribution in [3.8, 4) is 11.5 Å². The van der Waals surface area contributed by atoms with Crippen LogP contribution in [0, 0.1) is 5.92 Å². The number of hydrogen-bond donors (Lipinski definition) is 2. The summed E-state index contributed by atoms with van der Waals surface area (Å²) in [6.45, 7) is 10.1. The van der Waals surface area contributed by atoms with Crippen LogP contribution in [-0.4, -0.2) is 60.3 Å². The normalized spacial score (nSPS) is 18.4. The van der Waals surface area contributed by atoms with E-state index >= 15 is 0 Å². The fourth-order valence-corrected chi connectivity index (χ4v) is 5.06. The Morgan fingerprint density at radius 1 is 1.15 bits per heavy atom. The minimum atomic E-state index is -0.843. The number of nitrogens with one attached hydrogen (secondary N) is 2. The lowest BCUT2D eigenvalue weighted by molar-refractivity contribution is -0.140. The summed E-state index contributed by atoms with van der Waals surface area (Å²) >= 11 is 1.51. The summed E-state index contributed by atoms with van der Waals surface area (Å²) in [6.07, 6.45) is 2.63. The predicted octanol–water partition coefficient (Wildman–Crippen LogP) is 2.73. The highest BCUT2D eigenvalue weighted by Gasteiger charge is 2.36. The summed E-state index contributed by atoms with van der Waals surface area (Å²) in [4.78, 5) is 39.6. The van der Waals surface area contributed by atoms with Crippen LogP contribution in [0.25, 0.3) is 0 Å². The Hall–Kier alpha value is -2.26. The van der Waals surface area contributed by atoms with Crippen molar-refractivity contribution in [3.63, 3.8) is 0 Å². The van der Waals surface area contributed by atoms with E-state index in [2.05, 4.69) is 10.6 Å². The number of carbonyl (C=O) groups excluding carboxylic acids is 3. The molecule has 1 aromatic rings. The van der Waals surface area contributed by atoms with Crippen molar-refractivity contribution >= 4 is 29.5 Å². The molecular weight excluding hydrogens is 442 g/mol. The first kappa shape index (κ1) is 25.4. The van der Waals surface area contributed by atoms with Gasteiger partial charge >= 0.3 is 0 Å². The summed E-state index contributed by atoms with van der Waals surface area (Å²) in [6, 6.07) is 2.61. The van der Waals surface area contributed by atoms with E-state index in [0.717, 1.165) is 29.1 Å². The molecule has 0 radical (unpaired) electrons. The summed E-state index contributed by atoms with van der Waals surface area (Å²) in [5.74, 6) is 0.110. The quantitative estimate of drug-likeness (QED) is 0.304. The van der Waals surface area contributed by atoms with Crippen molar-refractivity contribution in [2.45, 2.75) is 70.4 Å². The Morgan fingerprint density at radius 3 is 2.48 bits per heavy atom. The number of rotatable bonds is 10. The second-order valence-electron chi connectivity index (χ2n) is 8.81. The number of ether oxygens (including phenoxy) is 2. The minimum Gasteiger partial charge on any atom is -0.486 e. The molecule has 0 aromatic heterocycles. The Kier molecular flexibility index (Phi) is 9.02. The van der Waals surface area contributed by atoms with Crippen LogP contribution < -0.4 is 20.1 Å². The van der Waals surface area contributed by atoms with Gasteiger partial charge < -0.3 is 20.1 Å². The van der Waals surface area contributed by atoms with Crippen molar-refractivity contribution in [1.82, 2.24) is 14.9 Å². The molecule has 2 atom stereocenters. The van der Waals surface area contributed by atoms with E-state index in [0.29, 0.717) is 44.9 Å². The van der Waals surface area contributed by atoms with E-state index < -0.39 is 23.8 Å². The Balaban J connectivity index is 1.74. The minimum absolute atomic E-state index is 0.148. The van der Waals surface area contributed by atoms with Crippen molar-refractivity contribution in [3.05, 3.63) is 17.7 Å². The van der Waals surface area contributed by atoms with Crippen LogP contribution in [0.15, 0.2) is 17.0 Å². The van der Waals surface area contributed by atoms with Gasteiger partial charge in [0.25, 0.3) is 5.91 Å². The molecule has 0 aliphatic carbocycles. The lowest BCUT2D eigenvalue weighted by atomic mass is 9.98. The number of likely N-dealkylation sites (N-methyl/N-ethyl adjacent to an activating group) is 1. The lowest BCUT2D eigenvalue weighted by Crippen LogP contribution is -2.54. The Bertz CT molecular complexity index is 876. The molecule has 2 aliphatic heterocycles. The van der Waals surface area contributed by atoms with Crippen molar-refractivity contribution in [2.75, 3.05) is 26.3 Å². The summed E-state index contributed by atoms with van der Waals surface area (Å²) in [5.41, 5.74) is 1.01. The Labute approximate surface area is 200 Å². The van der Waals surface area contributed by atoms with Gasteiger partial charge in [0.05, 0.1) is 6.04 Å². The average Bonchev–Trinajstić information content (AvgIpc) is 2.80. The SMILES string of the molecule is CCCCNC(=O)C(=O)[C@H](CC(C)C)NC(=O)C1Cc2cc3c(cc2SN1CC)OCCO3. The maximum Gasteiger partial charge on any atom is 0.289 e. The third-order valence-electron chi connectivity index (χ3n) is 5.70. The maximum atomic E-state index is 13.3. The first-order valence-corrected chi connectivity index (χ1v) is 12.6. The zero-order valence-electron chi connectivity index (χ0n) is 19.9. The largest absolute Gasteiger partial charge is 0.486 e. The third kappa shape index (κ3) is 6.41. The molecule has 0 saturated heterocycles. The van der Waals surface area contributed by atoms with Gasteiger partial charge in [-0.3, -0.25) is 14.4 Å². The Morgan fingerprint density at radius 2 is 1.85 bits per heavy atom. The number of Topliss-reactive ketones (excluding diaryl/α,β-unsaturated/α-hetero) is 1. The molecule has 33 heavy (non-hydrogen) atoms. The number of ketones is 1. The molecule has 8 nitrogen and oxygen atoms in total. The average molecular weight is 478 g/mol. The first-order chi connectivity index (χ1) is 15.8. The second kappa shape index (κ2) is 11.7. The van der Waals surface area contributed by atoms with Gasteiger partial charge in [0.2, 0.25) is 11.7 Å². The molecule has 0 fully saturated rings. The number of hydrogen-bond acceptors (Lipinski definition) is 7. The molecular formula is C24H35N3O5S. The topological polar surface area (TPSA) is 97.0 Å². The number of nitrogens with zero attached hydrogens (tertiary/aromatic N) is 1. The number of amides is 2. The molecule has 1 unspecified atom stereocenters. The first-order valence-electron chi connectivity index (χ1n) is 11.8. The van der Waals surface area contributed by atoms with Gasteiger partial charge in [-0.25, -0.2) is 4.31 Å². The van der Waals surface area contributed by atoms with Crippen molar-refractivity contribution < 1.29 is 23.9 Å². The van der Waals surface area contributed by atoms with E-state index in [1.807, 2.05) is 44.1 Å². The van der Waals surface area contributed by atoms with Crippen molar-refractivity contribution in [2.24, 2.45) is 5.92 Å². The standard InChI is InChI=1S/C24H35N3O5S/c1-5-7-8-25-24(30)22(28)17(11-15(3)4)26-23(29)18-12-16-13-19-20(32-10-9-31-19)14-21(16)33-27(18)6-2/h13-15,17-18H,5-12H2,1-4H3,(H,25,30)(H,26,29)/t17-,18?/m0/s1. The maximum absolute atomic E-state index is 13.3.